The molecule has 158 valence electrons. The maximum atomic E-state index is 12.4. The summed E-state index contributed by atoms with van der Waals surface area (Å²) in [5, 5.41) is 9.95. The molecule has 2 heterocycles. The molecule has 0 saturated carbocycles. The van der Waals surface area contributed by atoms with E-state index >= 15 is 0 Å². The zero-order valence-electron chi connectivity index (χ0n) is 16.8. The van der Waals surface area contributed by atoms with E-state index in [2.05, 4.69) is 40.8 Å². The van der Waals surface area contributed by atoms with E-state index in [9.17, 15) is 13.2 Å². The lowest BCUT2D eigenvalue weighted by molar-refractivity contribution is 0.210. The molecule has 0 bridgehead atoms. The fourth-order valence-electron chi connectivity index (χ4n) is 3.59. The van der Waals surface area contributed by atoms with Gasteiger partial charge in [-0.05, 0) is 66.2 Å². The van der Waals surface area contributed by atoms with E-state index < -0.39 is 10.0 Å². The van der Waals surface area contributed by atoms with Crippen molar-refractivity contribution >= 4 is 38.8 Å². The SMILES string of the molecule is CCN(CC)[C@@H](CNC(=O)Nc1ccc(N2CCCS2(=O)=O)cc1)c1ccsc1. The lowest BCUT2D eigenvalue weighted by atomic mass is 10.1. The summed E-state index contributed by atoms with van der Waals surface area (Å²) in [5.74, 6) is 0.188. The monoisotopic (exact) mass is 436 g/mol. The van der Waals surface area contributed by atoms with Crippen molar-refractivity contribution in [3.8, 4) is 0 Å². The minimum absolute atomic E-state index is 0.129. The van der Waals surface area contributed by atoms with Gasteiger partial charge in [0.2, 0.25) is 10.0 Å². The maximum Gasteiger partial charge on any atom is 0.319 e. The number of hydrogen-bond donors (Lipinski definition) is 2. The minimum Gasteiger partial charge on any atom is -0.336 e. The summed E-state index contributed by atoms with van der Waals surface area (Å²) < 4.78 is 25.5. The topological polar surface area (TPSA) is 81.8 Å². The van der Waals surface area contributed by atoms with Crippen LogP contribution in [0.3, 0.4) is 0 Å². The van der Waals surface area contributed by atoms with Gasteiger partial charge >= 0.3 is 6.03 Å². The summed E-state index contributed by atoms with van der Waals surface area (Å²) in [7, 11) is -3.20. The second-order valence-electron chi connectivity index (χ2n) is 6.92. The third kappa shape index (κ3) is 5.29. The Balaban J connectivity index is 1.58. The molecule has 1 atom stereocenters. The number of urea groups is 1. The Labute approximate surface area is 176 Å². The molecule has 1 aliphatic heterocycles. The first-order valence-corrected chi connectivity index (χ1v) is 12.4. The van der Waals surface area contributed by atoms with E-state index in [0.717, 1.165) is 13.1 Å². The van der Waals surface area contributed by atoms with Crippen LogP contribution in [0.4, 0.5) is 16.2 Å². The highest BCUT2D eigenvalue weighted by Crippen LogP contribution is 2.25. The molecule has 3 rings (SSSR count). The van der Waals surface area contributed by atoms with Crippen molar-refractivity contribution in [3.63, 3.8) is 0 Å². The van der Waals surface area contributed by atoms with Gasteiger partial charge in [-0.1, -0.05) is 13.8 Å². The number of rotatable bonds is 8. The normalized spacial score (nSPS) is 16.7. The summed E-state index contributed by atoms with van der Waals surface area (Å²) in [5.41, 5.74) is 2.46. The average Bonchev–Trinajstić information content (AvgIpc) is 3.35. The van der Waals surface area contributed by atoms with Gasteiger partial charge in [0, 0.05) is 18.8 Å². The van der Waals surface area contributed by atoms with Crippen LogP contribution in [0.1, 0.15) is 31.9 Å². The quantitative estimate of drug-likeness (QED) is 0.664. The molecule has 0 radical (unpaired) electrons. The summed E-state index contributed by atoms with van der Waals surface area (Å²) in [6.45, 7) is 7.05. The zero-order chi connectivity index (χ0) is 20.9. The Kier molecular flexibility index (Phi) is 7.15. The molecular formula is C20H28N4O3S2. The van der Waals surface area contributed by atoms with Gasteiger partial charge in [-0.25, -0.2) is 13.2 Å². The van der Waals surface area contributed by atoms with E-state index in [1.165, 1.54) is 9.87 Å². The van der Waals surface area contributed by atoms with Crippen molar-refractivity contribution in [2.75, 3.05) is 41.6 Å². The number of carbonyl (C=O) groups is 1. The summed E-state index contributed by atoms with van der Waals surface area (Å²) >= 11 is 1.65. The lowest BCUT2D eigenvalue weighted by Crippen LogP contribution is -2.39. The van der Waals surface area contributed by atoms with Crippen LogP contribution in [-0.4, -0.2) is 51.3 Å². The third-order valence-electron chi connectivity index (χ3n) is 5.15. The number of anilines is 2. The summed E-state index contributed by atoms with van der Waals surface area (Å²) in [6.07, 6.45) is 0.641. The minimum atomic E-state index is -3.20. The molecule has 2 N–H and O–H groups in total. The molecule has 9 heteroatoms. The molecular weight excluding hydrogens is 408 g/mol. The van der Waals surface area contributed by atoms with Crippen LogP contribution >= 0.6 is 11.3 Å². The molecule has 1 aromatic heterocycles. The van der Waals surface area contributed by atoms with Crippen LogP contribution < -0.4 is 14.9 Å². The molecule has 2 aromatic rings. The fourth-order valence-corrected chi connectivity index (χ4v) is 5.86. The van der Waals surface area contributed by atoms with Crippen LogP contribution in [0.25, 0.3) is 0 Å². The van der Waals surface area contributed by atoms with Crippen LogP contribution in [-0.2, 0) is 10.0 Å². The first-order chi connectivity index (χ1) is 13.9. The van der Waals surface area contributed by atoms with Gasteiger partial charge in [0.05, 0.1) is 17.5 Å². The molecule has 1 aromatic carbocycles. The smallest absolute Gasteiger partial charge is 0.319 e. The van der Waals surface area contributed by atoms with Gasteiger partial charge in [-0.2, -0.15) is 11.3 Å². The molecule has 0 unspecified atom stereocenters. The van der Waals surface area contributed by atoms with Gasteiger partial charge in [-0.3, -0.25) is 9.21 Å². The standard InChI is InChI=1S/C20H28N4O3S2/c1-3-23(4-2)19(16-10-12-28-15-16)14-21-20(25)22-17-6-8-18(9-7-17)24-11-5-13-29(24,26)27/h6-10,12,15,19H,3-5,11,13-14H2,1-2H3,(H2,21,22,25)/t19-/m0/s1. The van der Waals surface area contributed by atoms with Crippen molar-refractivity contribution < 1.29 is 13.2 Å². The first kappa shape index (κ1) is 21.6. The van der Waals surface area contributed by atoms with Crippen molar-refractivity contribution in [3.05, 3.63) is 46.7 Å². The van der Waals surface area contributed by atoms with E-state index in [0.29, 0.717) is 30.9 Å². The summed E-state index contributed by atoms with van der Waals surface area (Å²) in [4.78, 5) is 14.7. The zero-order valence-corrected chi connectivity index (χ0v) is 18.4. The summed E-state index contributed by atoms with van der Waals surface area (Å²) in [6, 6.07) is 8.85. The highest BCUT2D eigenvalue weighted by molar-refractivity contribution is 7.93. The number of amides is 2. The predicted octanol–water partition coefficient (Wildman–Crippen LogP) is 3.49. The van der Waals surface area contributed by atoms with Crippen LogP contribution in [0.2, 0.25) is 0 Å². The number of carbonyl (C=O) groups excluding carboxylic acids is 1. The van der Waals surface area contributed by atoms with E-state index in [4.69, 9.17) is 0 Å². The number of nitrogens with zero attached hydrogens (tertiary/aromatic N) is 2. The first-order valence-electron chi connectivity index (χ1n) is 9.86. The molecule has 0 aliphatic carbocycles. The largest absolute Gasteiger partial charge is 0.336 e. The Bertz CT molecular complexity index is 894. The van der Waals surface area contributed by atoms with Gasteiger partial charge in [0.15, 0.2) is 0 Å². The van der Waals surface area contributed by atoms with Crippen LogP contribution in [0.5, 0.6) is 0 Å². The highest BCUT2D eigenvalue weighted by Gasteiger charge is 2.28. The second kappa shape index (κ2) is 9.60. The van der Waals surface area contributed by atoms with Crippen molar-refractivity contribution in [2.24, 2.45) is 0 Å². The van der Waals surface area contributed by atoms with Crippen LogP contribution in [0, 0.1) is 0 Å². The molecule has 1 fully saturated rings. The van der Waals surface area contributed by atoms with Crippen molar-refractivity contribution in [2.45, 2.75) is 26.3 Å². The van der Waals surface area contributed by atoms with Gasteiger partial charge < -0.3 is 10.6 Å². The molecule has 1 aliphatic rings. The van der Waals surface area contributed by atoms with Gasteiger partial charge in [-0.15, -0.1) is 0 Å². The maximum absolute atomic E-state index is 12.4. The third-order valence-corrected chi connectivity index (χ3v) is 7.72. The molecule has 7 nitrogen and oxygen atoms in total. The molecule has 1 saturated heterocycles. The average molecular weight is 437 g/mol. The number of nitrogens with one attached hydrogen (secondary N) is 2. The van der Waals surface area contributed by atoms with E-state index in [-0.39, 0.29) is 17.8 Å². The number of sulfonamides is 1. The number of likely N-dealkylation sites (N-methyl/N-ethyl adjacent to an activating group) is 1. The van der Waals surface area contributed by atoms with Gasteiger partial charge in [0.1, 0.15) is 0 Å². The molecule has 2 amide bonds. The predicted molar refractivity (Wildman–Crippen MR) is 119 cm³/mol. The van der Waals surface area contributed by atoms with E-state index in [1.54, 1.807) is 35.6 Å². The Morgan fingerprint density at radius 1 is 1.21 bits per heavy atom. The van der Waals surface area contributed by atoms with Gasteiger partial charge in [0.25, 0.3) is 0 Å². The highest BCUT2D eigenvalue weighted by atomic mass is 32.2. The number of hydrogen-bond acceptors (Lipinski definition) is 5. The van der Waals surface area contributed by atoms with E-state index in [1.807, 2.05) is 5.38 Å². The Morgan fingerprint density at radius 2 is 1.93 bits per heavy atom. The fraction of sp³-hybridized carbons (Fsp3) is 0.450. The lowest BCUT2D eigenvalue weighted by Gasteiger charge is -2.29. The number of benzene rings is 1. The Morgan fingerprint density at radius 3 is 2.48 bits per heavy atom. The Hall–Kier alpha value is -2.10. The van der Waals surface area contributed by atoms with Crippen LogP contribution in [0.15, 0.2) is 41.1 Å². The number of thiophene rings is 1. The molecule has 29 heavy (non-hydrogen) atoms. The molecule has 0 spiro atoms. The van der Waals surface area contributed by atoms with Crippen molar-refractivity contribution in [1.82, 2.24) is 10.2 Å². The van der Waals surface area contributed by atoms with Crippen molar-refractivity contribution in [1.29, 1.82) is 0 Å². The second-order valence-corrected chi connectivity index (χ2v) is 9.71.